The van der Waals surface area contributed by atoms with Crippen LogP contribution in [0.5, 0.6) is 0 Å². The first-order valence-corrected chi connectivity index (χ1v) is 9.13. The van der Waals surface area contributed by atoms with Crippen LogP contribution in [-0.4, -0.2) is 61.2 Å². The lowest BCUT2D eigenvalue weighted by atomic mass is 10.2. The zero-order chi connectivity index (χ0) is 18.8. The summed E-state index contributed by atoms with van der Waals surface area (Å²) < 4.78 is 5.36. The molecule has 0 spiro atoms. The van der Waals surface area contributed by atoms with Gasteiger partial charge in [0, 0.05) is 37.8 Å². The van der Waals surface area contributed by atoms with Crippen molar-refractivity contribution in [2.24, 2.45) is 4.99 Å². The van der Waals surface area contributed by atoms with E-state index in [1.54, 1.807) is 12.1 Å². The molecule has 0 radical (unpaired) electrons. The summed E-state index contributed by atoms with van der Waals surface area (Å²) >= 11 is 0. The van der Waals surface area contributed by atoms with Gasteiger partial charge in [0.05, 0.1) is 24.7 Å². The molecule has 0 saturated carbocycles. The number of nitrogens with zero attached hydrogens (tertiary/aromatic N) is 3. The fourth-order valence-corrected chi connectivity index (χ4v) is 2.65. The highest BCUT2D eigenvalue weighted by Crippen LogP contribution is 2.12. The first-order valence-electron chi connectivity index (χ1n) is 9.13. The van der Waals surface area contributed by atoms with Crippen LogP contribution in [-0.2, 0) is 11.3 Å². The summed E-state index contributed by atoms with van der Waals surface area (Å²) in [5.41, 5.74) is 1.04. The molecule has 0 bridgehead atoms. The van der Waals surface area contributed by atoms with Gasteiger partial charge in [-0.15, -0.1) is 0 Å². The molecule has 8 nitrogen and oxygen atoms in total. The van der Waals surface area contributed by atoms with E-state index in [1.807, 2.05) is 0 Å². The van der Waals surface area contributed by atoms with Crippen LogP contribution in [0, 0.1) is 10.1 Å². The van der Waals surface area contributed by atoms with Crippen LogP contribution in [0.2, 0.25) is 0 Å². The summed E-state index contributed by atoms with van der Waals surface area (Å²) in [6.07, 6.45) is 1.04. The molecule has 0 aromatic heterocycles. The molecule has 1 saturated heterocycles. The Balaban J connectivity index is 1.80. The number of aliphatic imine (C=N–C) groups is 1. The van der Waals surface area contributed by atoms with Gasteiger partial charge in [-0.1, -0.05) is 12.1 Å². The van der Waals surface area contributed by atoms with Gasteiger partial charge in [-0.2, -0.15) is 0 Å². The van der Waals surface area contributed by atoms with Crippen molar-refractivity contribution < 1.29 is 9.66 Å². The van der Waals surface area contributed by atoms with Crippen LogP contribution in [0.15, 0.2) is 29.3 Å². The monoisotopic (exact) mass is 363 g/mol. The Morgan fingerprint density at radius 3 is 2.62 bits per heavy atom. The molecular formula is C18H29N5O3. The highest BCUT2D eigenvalue weighted by molar-refractivity contribution is 5.80. The maximum absolute atomic E-state index is 10.7. The van der Waals surface area contributed by atoms with E-state index in [0.717, 1.165) is 57.3 Å². The van der Waals surface area contributed by atoms with Crippen molar-refractivity contribution >= 4 is 11.6 Å². The number of nitro groups is 1. The normalized spacial score (nSPS) is 15.9. The minimum atomic E-state index is -0.394. The summed E-state index contributed by atoms with van der Waals surface area (Å²) in [4.78, 5) is 17.3. The topological polar surface area (TPSA) is 92.0 Å². The second-order valence-corrected chi connectivity index (χ2v) is 6.62. The van der Waals surface area contributed by atoms with E-state index >= 15 is 0 Å². The minimum Gasteiger partial charge on any atom is -0.379 e. The SMILES string of the molecule is CC(C)NC(=NCc1ccc([N+](=O)[O-])cc1)NCCCN1CCOCC1. The maximum Gasteiger partial charge on any atom is 0.269 e. The van der Waals surface area contributed by atoms with Crippen LogP contribution in [0.4, 0.5) is 5.69 Å². The van der Waals surface area contributed by atoms with Crippen molar-refractivity contribution in [2.75, 3.05) is 39.4 Å². The fourth-order valence-electron chi connectivity index (χ4n) is 2.65. The van der Waals surface area contributed by atoms with Crippen molar-refractivity contribution in [1.29, 1.82) is 0 Å². The molecule has 0 unspecified atom stereocenters. The minimum absolute atomic E-state index is 0.0968. The van der Waals surface area contributed by atoms with E-state index in [9.17, 15) is 10.1 Å². The van der Waals surface area contributed by atoms with Gasteiger partial charge >= 0.3 is 0 Å². The van der Waals surface area contributed by atoms with Gasteiger partial charge in [-0.25, -0.2) is 4.99 Å². The molecule has 26 heavy (non-hydrogen) atoms. The van der Waals surface area contributed by atoms with Gasteiger partial charge in [-0.05, 0) is 32.4 Å². The second-order valence-electron chi connectivity index (χ2n) is 6.62. The zero-order valence-electron chi connectivity index (χ0n) is 15.6. The first kappa shape index (κ1) is 20.1. The van der Waals surface area contributed by atoms with Crippen LogP contribution < -0.4 is 10.6 Å². The van der Waals surface area contributed by atoms with Gasteiger partial charge in [0.15, 0.2) is 5.96 Å². The van der Waals surface area contributed by atoms with Gasteiger partial charge in [-0.3, -0.25) is 15.0 Å². The number of benzene rings is 1. The number of hydrogen-bond donors (Lipinski definition) is 2. The van der Waals surface area contributed by atoms with Crippen molar-refractivity contribution in [1.82, 2.24) is 15.5 Å². The summed E-state index contributed by atoms with van der Waals surface area (Å²) in [5.74, 6) is 0.764. The Bertz CT molecular complexity index is 583. The van der Waals surface area contributed by atoms with Crippen LogP contribution in [0.25, 0.3) is 0 Å². The Kier molecular flexibility index (Phi) is 8.30. The number of guanidine groups is 1. The van der Waals surface area contributed by atoms with Gasteiger partial charge in [0.1, 0.15) is 0 Å². The molecular weight excluding hydrogens is 334 g/mol. The molecule has 2 rings (SSSR count). The van der Waals surface area contributed by atoms with E-state index < -0.39 is 4.92 Å². The Morgan fingerprint density at radius 1 is 1.31 bits per heavy atom. The molecule has 0 aliphatic carbocycles. The maximum atomic E-state index is 10.7. The number of morpholine rings is 1. The smallest absolute Gasteiger partial charge is 0.269 e. The Morgan fingerprint density at radius 2 is 2.00 bits per heavy atom. The van der Waals surface area contributed by atoms with Crippen molar-refractivity contribution in [3.8, 4) is 0 Å². The number of hydrogen-bond acceptors (Lipinski definition) is 5. The summed E-state index contributed by atoms with van der Waals surface area (Å²) in [6.45, 7) is 10.2. The molecule has 144 valence electrons. The second kappa shape index (κ2) is 10.7. The van der Waals surface area contributed by atoms with Gasteiger partial charge < -0.3 is 15.4 Å². The van der Waals surface area contributed by atoms with E-state index in [4.69, 9.17) is 4.74 Å². The third-order valence-corrected chi connectivity index (χ3v) is 4.04. The first-order chi connectivity index (χ1) is 12.5. The average Bonchev–Trinajstić information content (AvgIpc) is 2.64. The van der Waals surface area contributed by atoms with Gasteiger partial charge in [0.25, 0.3) is 5.69 Å². The van der Waals surface area contributed by atoms with Crippen LogP contribution in [0.1, 0.15) is 25.8 Å². The molecule has 0 amide bonds. The molecule has 1 heterocycles. The standard InChI is InChI=1S/C18H29N5O3/c1-15(2)21-18(19-8-3-9-22-10-12-26-13-11-22)20-14-16-4-6-17(7-5-16)23(24)25/h4-7,15H,3,8-14H2,1-2H3,(H2,19,20,21). The number of non-ortho nitro benzene ring substituents is 1. The number of rotatable bonds is 8. The number of ether oxygens (including phenoxy) is 1. The molecule has 1 aromatic rings. The van der Waals surface area contributed by atoms with E-state index in [1.165, 1.54) is 12.1 Å². The number of nitrogens with one attached hydrogen (secondary N) is 2. The quantitative estimate of drug-likeness (QED) is 0.240. The average molecular weight is 363 g/mol. The summed E-state index contributed by atoms with van der Waals surface area (Å²) in [5, 5.41) is 17.4. The molecule has 1 aromatic carbocycles. The predicted molar refractivity (Wildman–Crippen MR) is 102 cm³/mol. The fraction of sp³-hybridized carbons (Fsp3) is 0.611. The lowest BCUT2D eigenvalue weighted by Crippen LogP contribution is -2.43. The predicted octanol–water partition coefficient (Wildman–Crippen LogP) is 1.76. The van der Waals surface area contributed by atoms with Crippen molar-refractivity contribution in [2.45, 2.75) is 32.9 Å². The Hall–Kier alpha value is -2.19. The lowest BCUT2D eigenvalue weighted by molar-refractivity contribution is -0.384. The highest BCUT2D eigenvalue weighted by Gasteiger charge is 2.09. The summed E-state index contributed by atoms with van der Waals surface area (Å²) in [7, 11) is 0. The highest BCUT2D eigenvalue weighted by atomic mass is 16.6. The van der Waals surface area contributed by atoms with Crippen molar-refractivity contribution in [3.63, 3.8) is 0 Å². The molecule has 1 aliphatic rings. The largest absolute Gasteiger partial charge is 0.379 e. The van der Waals surface area contributed by atoms with Crippen LogP contribution >= 0.6 is 0 Å². The molecule has 2 N–H and O–H groups in total. The summed E-state index contributed by atoms with van der Waals surface area (Å²) in [6, 6.07) is 6.78. The molecule has 0 atom stereocenters. The third-order valence-electron chi connectivity index (χ3n) is 4.04. The molecule has 1 fully saturated rings. The number of nitro benzene ring substituents is 1. The van der Waals surface area contributed by atoms with E-state index in [0.29, 0.717) is 6.54 Å². The molecule has 8 heteroatoms. The molecule has 1 aliphatic heterocycles. The zero-order valence-corrected chi connectivity index (χ0v) is 15.6. The third kappa shape index (κ3) is 7.37. The van der Waals surface area contributed by atoms with Crippen LogP contribution in [0.3, 0.4) is 0 Å². The van der Waals surface area contributed by atoms with Gasteiger partial charge in [0.2, 0.25) is 0 Å². The van der Waals surface area contributed by atoms with E-state index in [-0.39, 0.29) is 11.7 Å². The van der Waals surface area contributed by atoms with Crippen molar-refractivity contribution in [3.05, 3.63) is 39.9 Å². The Labute approximate surface area is 154 Å². The lowest BCUT2D eigenvalue weighted by Gasteiger charge is -2.26. The van der Waals surface area contributed by atoms with E-state index in [2.05, 4.69) is 34.4 Å².